The second-order valence-electron chi connectivity index (χ2n) is 2.13. The van der Waals surface area contributed by atoms with Crippen LogP contribution in [-0.4, -0.2) is 15.2 Å². The van der Waals surface area contributed by atoms with Crippen LogP contribution >= 0.6 is 33.9 Å². The van der Waals surface area contributed by atoms with E-state index >= 15 is 0 Å². The zero-order valence-corrected chi connectivity index (χ0v) is 9.09. The molecule has 0 saturated carbocycles. The van der Waals surface area contributed by atoms with Crippen molar-refractivity contribution in [1.82, 2.24) is 15.2 Å². The van der Waals surface area contributed by atoms with E-state index in [-0.39, 0.29) is 0 Å². The van der Waals surface area contributed by atoms with Gasteiger partial charge in [0.1, 0.15) is 0 Å². The first-order chi connectivity index (χ1) is 5.77. The molecule has 62 valence electrons. The van der Waals surface area contributed by atoms with Crippen LogP contribution in [0.4, 0.5) is 0 Å². The molecule has 2 aromatic rings. The van der Waals surface area contributed by atoms with Gasteiger partial charge in [0.05, 0.1) is 5.69 Å². The Bertz CT molecular complexity index is 397. The summed E-state index contributed by atoms with van der Waals surface area (Å²) in [6, 6.07) is 0. The van der Waals surface area contributed by atoms with Gasteiger partial charge in [0, 0.05) is 0 Å². The van der Waals surface area contributed by atoms with Crippen LogP contribution in [0, 0.1) is 9.94 Å². The largest absolute Gasteiger partial charge is 0.441 e. The van der Waals surface area contributed by atoms with E-state index in [2.05, 4.69) is 37.8 Å². The van der Waals surface area contributed by atoms with Gasteiger partial charge in [-0.3, -0.25) is 0 Å². The summed E-state index contributed by atoms with van der Waals surface area (Å²) in [6.07, 6.45) is 1.42. The topological polar surface area (TPSA) is 51.8 Å². The molecule has 12 heavy (non-hydrogen) atoms. The Hall–Kier alpha value is -0.500. The SMILES string of the molecule is Cc1ncoc1-c1nnc(I)s1. The van der Waals surface area contributed by atoms with Gasteiger partial charge in [-0.15, -0.1) is 10.2 Å². The lowest BCUT2D eigenvalue weighted by Crippen LogP contribution is -1.77. The Morgan fingerprint density at radius 1 is 1.50 bits per heavy atom. The standard InChI is InChI=1S/C6H4IN3OS/c1-3-4(11-2-8-3)5-9-10-6(7)12-5/h2H,1H3. The molecule has 0 atom stereocenters. The molecule has 0 aliphatic rings. The zero-order chi connectivity index (χ0) is 8.55. The van der Waals surface area contributed by atoms with Gasteiger partial charge in [0.25, 0.3) is 0 Å². The summed E-state index contributed by atoms with van der Waals surface area (Å²) in [4.78, 5) is 3.97. The number of oxazole rings is 1. The van der Waals surface area contributed by atoms with Gasteiger partial charge in [-0.2, -0.15) is 0 Å². The summed E-state index contributed by atoms with van der Waals surface area (Å²) in [5.41, 5.74) is 0.850. The third kappa shape index (κ3) is 1.36. The molecular weight excluding hydrogens is 289 g/mol. The Kier molecular flexibility index (Phi) is 2.09. The van der Waals surface area contributed by atoms with Crippen molar-refractivity contribution in [2.45, 2.75) is 6.92 Å². The normalized spacial score (nSPS) is 10.5. The van der Waals surface area contributed by atoms with E-state index in [0.29, 0.717) is 0 Å². The lowest BCUT2D eigenvalue weighted by atomic mass is 10.4. The van der Waals surface area contributed by atoms with Crippen LogP contribution in [-0.2, 0) is 0 Å². The summed E-state index contributed by atoms with van der Waals surface area (Å²) < 4.78 is 6.06. The summed E-state index contributed by atoms with van der Waals surface area (Å²) in [7, 11) is 0. The van der Waals surface area contributed by atoms with Crippen molar-refractivity contribution in [3.8, 4) is 10.8 Å². The Morgan fingerprint density at radius 2 is 2.33 bits per heavy atom. The van der Waals surface area contributed by atoms with Crippen LogP contribution in [0.15, 0.2) is 10.8 Å². The maximum atomic E-state index is 5.16. The minimum atomic E-state index is 0.718. The highest BCUT2D eigenvalue weighted by Gasteiger charge is 2.11. The molecule has 0 bridgehead atoms. The first-order valence-electron chi connectivity index (χ1n) is 3.17. The molecule has 0 amide bonds. The van der Waals surface area contributed by atoms with Crippen molar-refractivity contribution in [3.63, 3.8) is 0 Å². The van der Waals surface area contributed by atoms with E-state index in [0.717, 1.165) is 19.5 Å². The summed E-state index contributed by atoms with van der Waals surface area (Å²) >= 11 is 3.61. The van der Waals surface area contributed by atoms with Crippen molar-refractivity contribution < 1.29 is 4.42 Å². The highest BCUT2D eigenvalue weighted by molar-refractivity contribution is 14.1. The van der Waals surface area contributed by atoms with Gasteiger partial charge < -0.3 is 4.42 Å². The molecular formula is C6H4IN3OS. The van der Waals surface area contributed by atoms with Crippen LogP contribution in [0.3, 0.4) is 0 Å². The average molecular weight is 293 g/mol. The van der Waals surface area contributed by atoms with E-state index in [1.807, 2.05) is 6.92 Å². The smallest absolute Gasteiger partial charge is 0.187 e. The molecule has 0 aromatic carbocycles. The van der Waals surface area contributed by atoms with Gasteiger partial charge >= 0.3 is 0 Å². The minimum Gasteiger partial charge on any atom is -0.441 e. The highest BCUT2D eigenvalue weighted by atomic mass is 127. The van der Waals surface area contributed by atoms with Crippen LogP contribution in [0.5, 0.6) is 0 Å². The van der Waals surface area contributed by atoms with Crippen molar-refractivity contribution >= 4 is 33.9 Å². The summed E-state index contributed by atoms with van der Waals surface area (Å²) in [6.45, 7) is 1.88. The van der Waals surface area contributed by atoms with Crippen LogP contribution in [0.2, 0.25) is 0 Å². The van der Waals surface area contributed by atoms with Crippen LogP contribution in [0.1, 0.15) is 5.69 Å². The van der Waals surface area contributed by atoms with Gasteiger partial charge in [-0.25, -0.2) is 4.98 Å². The third-order valence-corrected chi connectivity index (χ3v) is 2.93. The number of aryl methyl sites for hydroxylation is 1. The average Bonchev–Trinajstić information content (AvgIpc) is 2.58. The molecule has 0 unspecified atom stereocenters. The lowest BCUT2D eigenvalue weighted by Gasteiger charge is -1.85. The molecule has 0 saturated heterocycles. The third-order valence-electron chi connectivity index (χ3n) is 1.34. The van der Waals surface area contributed by atoms with Gasteiger partial charge in [0.2, 0.25) is 0 Å². The molecule has 0 fully saturated rings. The van der Waals surface area contributed by atoms with E-state index < -0.39 is 0 Å². The van der Waals surface area contributed by atoms with E-state index in [4.69, 9.17) is 4.42 Å². The highest BCUT2D eigenvalue weighted by Crippen LogP contribution is 2.26. The predicted octanol–water partition coefficient (Wildman–Crippen LogP) is 2.11. The fourth-order valence-electron chi connectivity index (χ4n) is 0.804. The monoisotopic (exact) mass is 293 g/mol. The van der Waals surface area contributed by atoms with Gasteiger partial charge in [0.15, 0.2) is 20.2 Å². The van der Waals surface area contributed by atoms with Gasteiger partial charge in [-0.1, -0.05) is 11.3 Å². The number of hydrogen-bond donors (Lipinski definition) is 0. The second kappa shape index (κ2) is 3.09. The molecule has 0 aliphatic carbocycles. The quantitative estimate of drug-likeness (QED) is 0.756. The number of aromatic nitrogens is 3. The molecule has 2 heterocycles. The van der Waals surface area contributed by atoms with Crippen molar-refractivity contribution in [2.75, 3.05) is 0 Å². The molecule has 6 heteroatoms. The van der Waals surface area contributed by atoms with E-state index in [1.54, 1.807) is 0 Å². The summed E-state index contributed by atoms with van der Waals surface area (Å²) in [5, 5.41) is 8.61. The Balaban J connectivity index is 2.50. The van der Waals surface area contributed by atoms with Crippen LogP contribution < -0.4 is 0 Å². The first kappa shape index (κ1) is 8.11. The summed E-state index contributed by atoms with van der Waals surface area (Å²) in [5.74, 6) is 0.718. The minimum absolute atomic E-state index is 0.718. The molecule has 0 spiro atoms. The number of rotatable bonds is 1. The van der Waals surface area contributed by atoms with Gasteiger partial charge in [-0.05, 0) is 29.5 Å². The molecule has 0 N–H and O–H groups in total. The number of nitrogens with zero attached hydrogens (tertiary/aromatic N) is 3. The molecule has 2 rings (SSSR count). The Labute approximate surface area is 86.2 Å². The fourth-order valence-corrected chi connectivity index (χ4v) is 2.15. The van der Waals surface area contributed by atoms with E-state index in [9.17, 15) is 0 Å². The van der Waals surface area contributed by atoms with Crippen molar-refractivity contribution in [2.24, 2.45) is 0 Å². The maximum absolute atomic E-state index is 5.16. The van der Waals surface area contributed by atoms with Crippen molar-refractivity contribution in [3.05, 3.63) is 15.1 Å². The molecule has 0 aliphatic heterocycles. The maximum Gasteiger partial charge on any atom is 0.187 e. The molecule has 0 radical (unpaired) electrons. The Morgan fingerprint density at radius 3 is 2.83 bits per heavy atom. The molecule has 2 aromatic heterocycles. The fraction of sp³-hybridized carbons (Fsp3) is 0.167. The number of hydrogen-bond acceptors (Lipinski definition) is 5. The first-order valence-corrected chi connectivity index (χ1v) is 5.06. The van der Waals surface area contributed by atoms with Crippen LogP contribution in [0.25, 0.3) is 10.8 Å². The predicted molar refractivity (Wildman–Crippen MR) is 52.9 cm³/mol. The zero-order valence-electron chi connectivity index (χ0n) is 6.11. The van der Waals surface area contributed by atoms with Crippen molar-refractivity contribution in [1.29, 1.82) is 0 Å². The second-order valence-corrected chi connectivity index (χ2v) is 4.86. The number of halogens is 1. The molecule has 4 nitrogen and oxygen atoms in total. The van der Waals surface area contributed by atoms with E-state index in [1.165, 1.54) is 17.7 Å². The lowest BCUT2D eigenvalue weighted by molar-refractivity contribution is 0.570.